The molecule has 0 heterocycles. The Morgan fingerprint density at radius 1 is 1.15 bits per heavy atom. The monoisotopic (exact) mass is 373 g/mol. The number of anilines is 1. The molecule has 2 aromatic rings. The van der Waals surface area contributed by atoms with E-state index in [0.29, 0.717) is 17.9 Å². The maximum absolute atomic E-state index is 12.9. The molecule has 0 saturated heterocycles. The molecule has 6 nitrogen and oxygen atoms in total. The molecule has 27 heavy (non-hydrogen) atoms. The van der Waals surface area contributed by atoms with Gasteiger partial charge in [0.05, 0.1) is 7.11 Å². The summed E-state index contributed by atoms with van der Waals surface area (Å²) < 4.78 is 18.0. The zero-order valence-corrected chi connectivity index (χ0v) is 15.4. The number of rotatable bonds is 8. The molecule has 0 aromatic heterocycles. The van der Waals surface area contributed by atoms with Crippen molar-refractivity contribution in [3.05, 3.63) is 59.9 Å². The highest BCUT2D eigenvalue weighted by molar-refractivity contribution is 5.97. The van der Waals surface area contributed by atoms with E-state index in [2.05, 4.69) is 16.0 Å². The van der Waals surface area contributed by atoms with Crippen molar-refractivity contribution < 1.29 is 18.7 Å². The SMILES string of the molecule is CCCC(NC(=O)NCc1ccc(F)cc1)C(=O)Nc1cccc(OC)c1. The van der Waals surface area contributed by atoms with Crippen molar-refractivity contribution in [3.63, 3.8) is 0 Å². The second kappa shape index (κ2) is 10.2. The van der Waals surface area contributed by atoms with Gasteiger partial charge in [0, 0.05) is 18.3 Å². The summed E-state index contributed by atoms with van der Waals surface area (Å²) in [6.07, 6.45) is 1.23. The number of benzene rings is 2. The molecule has 0 spiro atoms. The summed E-state index contributed by atoms with van der Waals surface area (Å²) in [7, 11) is 1.55. The number of urea groups is 1. The third-order valence-electron chi connectivity index (χ3n) is 3.90. The molecule has 3 amide bonds. The fourth-order valence-electron chi connectivity index (χ4n) is 2.48. The average molecular weight is 373 g/mol. The van der Waals surface area contributed by atoms with E-state index in [0.717, 1.165) is 12.0 Å². The summed E-state index contributed by atoms with van der Waals surface area (Å²) in [4.78, 5) is 24.6. The largest absolute Gasteiger partial charge is 0.497 e. The van der Waals surface area contributed by atoms with Crippen molar-refractivity contribution in [1.82, 2.24) is 10.6 Å². The second-order valence-electron chi connectivity index (χ2n) is 6.02. The van der Waals surface area contributed by atoms with Crippen LogP contribution in [0.4, 0.5) is 14.9 Å². The highest BCUT2D eigenvalue weighted by Gasteiger charge is 2.20. The Morgan fingerprint density at radius 2 is 1.89 bits per heavy atom. The van der Waals surface area contributed by atoms with Crippen LogP contribution in [-0.2, 0) is 11.3 Å². The van der Waals surface area contributed by atoms with Crippen molar-refractivity contribution in [1.29, 1.82) is 0 Å². The Morgan fingerprint density at radius 3 is 2.56 bits per heavy atom. The van der Waals surface area contributed by atoms with E-state index in [1.807, 2.05) is 6.92 Å². The van der Waals surface area contributed by atoms with Crippen molar-refractivity contribution in [3.8, 4) is 5.75 Å². The van der Waals surface area contributed by atoms with Crippen LogP contribution in [0.15, 0.2) is 48.5 Å². The fraction of sp³-hybridized carbons (Fsp3) is 0.300. The molecule has 2 aromatic carbocycles. The number of carbonyl (C=O) groups excluding carboxylic acids is 2. The molecule has 1 atom stereocenters. The van der Waals surface area contributed by atoms with Gasteiger partial charge in [0.15, 0.2) is 0 Å². The van der Waals surface area contributed by atoms with Gasteiger partial charge >= 0.3 is 6.03 Å². The Bertz CT molecular complexity index is 765. The lowest BCUT2D eigenvalue weighted by Crippen LogP contribution is -2.47. The number of ether oxygens (including phenoxy) is 1. The van der Waals surface area contributed by atoms with Gasteiger partial charge in [0.2, 0.25) is 5.91 Å². The molecule has 0 aliphatic carbocycles. The summed E-state index contributed by atoms with van der Waals surface area (Å²) in [5.41, 5.74) is 1.35. The van der Waals surface area contributed by atoms with Gasteiger partial charge in [-0.3, -0.25) is 4.79 Å². The summed E-state index contributed by atoms with van der Waals surface area (Å²) in [6.45, 7) is 2.17. The zero-order chi connectivity index (χ0) is 19.6. The summed E-state index contributed by atoms with van der Waals surface area (Å²) in [6, 6.07) is 11.7. The first-order chi connectivity index (χ1) is 13.0. The predicted octanol–water partition coefficient (Wildman–Crippen LogP) is 3.44. The molecular weight excluding hydrogens is 349 g/mol. The molecular formula is C20H24FN3O3. The van der Waals surface area contributed by atoms with E-state index >= 15 is 0 Å². The van der Waals surface area contributed by atoms with Crippen LogP contribution < -0.4 is 20.7 Å². The quantitative estimate of drug-likeness (QED) is 0.663. The van der Waals surface area contributed by atoms with Crippen LogP contribution in [-0.4, -0.2) is 25.1 Å². The minimum absolute atomic E-state index is 0.239. The summed E-state index contributed by atoms with van der Waals surface area (Å²) >= 11 is 0. The predicted molar refractivity (Wildman–Crippen MR) is 102 cm³/mol. The van der Waals surface area contributed by atoms with E-state index < -0.39 is 12.1 Å². The minimum Gasteiger partial charge on any atom is -0.497 e. The molecule has 0 fully saturated rings. The van der Waals surface area contributed by atoms with Crippen LogP contribution in [0, 0.1) is 5.82 Å². The molecule has 0 aliphatic heterocycles. The smallest absolute Gasteiger partial charge is 0.315 e. The molecule has 1 unspecified atom stereocenters. The lowest BCUT2D eigenvalue weighted by Gasteiger charge is -2.18. The number of carbonyl (C=O) groups is 2. The molecule has 0 radical (unpaired) electrons. The van der Waals surface area contributed by atoms with Crippen molar-refractivity contribution in [2.45, 2.75) is 32.4 Å². The van der Waals surface area contributed by atoms with Crippen molar-refractivity contribution in [2.24, 2.45) is 0 Å². The van der Waals surface area contributed by atoms with Gasteiger partial charge in [-0.05, 0) is 36.2 Å². The summed E-state index contributed by atoms with van der Waals surface area (Å²) in [5, 5.41) is 8.14. The van der Waals surface area contributed by atoms with Gasteiger partial charge in [-0.2, -0.15) is 0 Å². The first-order valence-corrected chi connectivity index (χ1v) is 8.75. The van der Waals surface area contributed by atoms with Gasteiger partial charge in [-0.1, -0.05) is 31.5 Å². The van der Waals surface area contributed by atoms with E-state index in [1.165, 1.54) is 12.1 Å². The molecule has 0 saturated carbocycles. The van der Waals surface area contributed by atoms with Crippen molar-refractivity contribution >= 4 is 17.6 Å². The molecule has 0 bridgehead atoms. The first-order valence-electron chi connectivity index (χ1n) is 8.75. The van der Waals surface area contributed by atoms with Gasteiger partial charge in [0.1, 0.15) is 17.6 Å². The molecule has 144 valence electrons. The highest BCUT2D eigenvalue weighted by atomic mass is 19.1. The summed E-state index contributed by atoms with van der Waals surface area (Å²) in [5.74, 6) is -0.00713. The van der Waals surface area contributed by atoms with E-state index in [4.69, 9.17) is 4.74 Å². The number of hydrogen-bond donors (Lipinski definition) is 3. The van der Waals surface area contributed by atoms with Crippen LogP contribution in [0.5, 0.6) is 5.75 Å². The third-order valence-corrected chi connectivity index (χ3v) is 3.90. The van der Waals surface area contributed by atoms with Gasteiger partial charge in [-0.15, -0.1) is 0 Å². The molecule has 0 aliphatic rings. The lowest BCUT2D eigenvalue weighted by molar-refractivity contribution is -0.118. The Labute approximate surface area is 158 Å². The van der Waals surface area contributed by atoms with Crippen LogP contribution in [0.2, 0.25) is 0 Å². The van der Waals surface area contributed by atoms with Crippen LogP contribution in [0.1, 0.15) is 25.3 Å². The van der Waals surface area contributed by atoms with E-state index in [1.54, 1.807) is 43.5 Å². The fourth-order valence-corrected chi connectivity index (χ4v) is 2.48. The standard InChI is InChI=1S/C20H24FN3O3/c1-3-5-18(19(25)23-16-6-4-7-17(12-16)27-2)24-20(26)22-13-14-8-10-15(21)11-9-14/h4,6-12,18H,3,5,13H2,1-2H3,(H,23,25)(H2,22,24,26). The van der Waals surface area contributed by atoms with Crippen molar-refractivity contribution in [2.75, 3.05) is 12.4 Å². The first kappa shape index (κ1) is 20.2. The molecule has 7 heteroatoms. The number of amides is 3. The minimum atomic E-state index is -0.672. The second-order valence-corrected chi connectivity index (χ2v) is 6.02. The number of halogens is 1. The van der Waals surface area contributed by atoms with Gasteiger partial charge in [0.25, 0.3) is 0 Å². The maximum atomic E-state index is 12.9. The van der Waals surface area contributed by atoms with Crippen LogP contribution in [0.25, 0.3) is 0 Å². The topological polar surface area (TPSA) is 79.5 Å². The molecule has 3 N–H and O–H groups in total. The third kappa shape index (κ3) is 6.62. The number of hydrogen-bond acceptors (Lipinski definition) is 3. The normalized spacial score (nSPS) is 11.4. The van der Waals surface area contributed by atoms with Crippen LogP contribution >= 0.6 is 0 Å². The molecule has 2 rings (SSSR count). The van der Waals surface area contributed by atoms with Crippen LogP contribution in [0.3, 0.4) is 0 Å². The highest BCUT2D eigenvalue weighted by Crippen LogP contribution is 2.17. The average Bonchev–Trinajstić information content (AvgIpc) is 2.67. The lowest BCUT2D eigenvalue weighted by atomic mass is 10.1. The van der Waals surface area contributed by atoms with Gasteiger partial charge < -0.3 is 20.7 Å². The number of nitrogens with one attached hydrogen (secondary N) is 3. The van der Waals surface area contributed by atoms with E-state index in [9.17, 15) is 14.0 Å². The van der Waals surface area contributed by atoms with E-state index in [-0.39, 0.29) is 18.3 Å². The zero-order valence-electron chi connectivity index (χ0n) is 15.4. The Balaban J connectivity index is 1.91. The number of methoxy groups -OCH3 is 1. The Kier molecular flexibility index (Phi) is 7.61. The Hall–Kier alpha value is -3.09. The maximum Gasteiger partial charge on any atom is 0.315 e. The van der Waals surface area contributed by atoms with Gasteiger partial charge in [-0.25, -0.2) is 9.18 Å².